The molecular weight excluding hydrogens is 530 g/mol. The van der Waals surface area contributed by atoms with Gasteiger partial charge in [0.2, 0.25) is 5.91 Å². The number of anilines is 1. The number of halogens is 1. The minimum atomic E-state index is -1.21. The molecule has 8 nitrogen and oxygen atoms in total. The maximum atomic E-state index is 14.4. The molecule has 3 unspecified atom stereocenters. The first-order valence-electron chi connectivity index (χ1n) is 13.7. The van der Waals surface area contributed by atoms with Crippen LogP contribution in [0.2, 0.25) is 5.02 Å². The predicted octanol–water partition coefficient (Wildman–Crippen LogP) is 6.91. The number of rotatable bonds is 10. The SMILES string of the molecule is CCC(C)N(C(=O)C(CC(C)C)NC(=O)OC(C)(C)C)C(C(=O)Nc1c(C)cccc1Cl)c1cccc(C)c1O. The minimum absolute atomic E-state index is 0.0492. The van der Waals surface area contributed by atoms with Crippen LogP contribution >= 0.6 is 11.6 Å². The first-order chi connectivity index (χ1) is 18.6. The molecule has 3 amide bonds. The molecule has 0 aromatic heterocycles. The van der Waals surface area contributed by atoms with Crippen molar-refractivity contribution in [2.45, 2.75) is 98.9 Å². The fourth-order valence-electron chi connectivity index (χ4n) is 4.42. The molecule has 0 fully saturated rings. The van der Waals surface area contributed by atoms with E-state index in [4.69, 9.17) is 16.3 Å². The molecule has 40 heavy (non-hydrogen) atoms. The summed E-state index contributed by atoms with van der Waals surface area (Å²) in [7, 11) is 0. The summed E-state index contributed by atoms with van der Waals surface area (Å²) in [4.78, 5) is 42.7. The fraction of sp³-hybridized carbons (Fsp3) is 0.516. The Labute approximate surface area is 243 Å². The van der Waals surface area contributed by atoms with Gasteiger partial charge in [-0.25, -0.2) is 4.79 Å². The van der Waals surface area contributed by atoms with Crippen LogP contribution in [0.4, 0.5) is 10.5 Å². The normalized spacial score (nSPS) is 13.8. The molecule has 220 valence electrons. The van der Waals surface area contributed by atoms with E-state index in [2.05, 4.69) is 10.6 Å². The smallest absolute Gasteiger partial charge is 0.408 e. The number of carbonyl (C=O) groups excluding carboxylic acids is 3. The lowest BCUT2D eigenvalue weighted by Crippen LogP contribution is -2.55. The maximum absolute atomic E-state index is 14.4. The van der Waals surface area contributed by atoms with Gasteiger partial charge < -0.3 is 25.4 Å². The molecule has 3 atom stereocenters. The van der Waals surface area contributed by atoms with E-state index in [-0.39, 0.29) is 17.2 Å². The molecule has 0 radical (unpaired) electrons. The zero-order valence-electron chi connectivity index (χ0n) is 25.1. The van der Waals surface area contributed by atoms with E-state index in [0.29, 0.717) is 29.1 Å². The number of para-hydroxylation sites is 2. The summed E-state index contributed by atoms with van der Waals surface area (Å²) in [6.45, 7) is 16.4. The highest BCUT2D eigenvalue weighted by molar-refractivity contribution is 6.34. The Hall–Kier alpha value is -3.26. The average Bonchev–Trinajstić information content (AvgIpc) is 2.84. The molecule has 3 N–H and O–H groups in total. The Morgan fingerprint density at radius 1 is 1.02 bits per heavy atom. The lowest BCUT2D eigenvalue weighted by molar-refractivity contribution is -0.143. The molecule has 9 heteroatoms. The Balaban J connectivity index is 2.67. The molecule has 0 spiro atoms. The summed E-state index contributed by atoms with van der Waals surface area (Å²) in [6.07, 6.45) is 0.123. The molecule has 0 heterocycles. The van der Waals surface area contributed by atoms with Gasteiger partial charge in [0.05, 0.1) is 10.7 Å². The molecule has 2 rings (SSSR count). The van der Waals surface area contributed by atoms with E-state index >= 15 is 0 Å². The van der Waals surface area contributed by atoms with Crippen molar-refractivity contribution in [1.82, 2.24) is 10.2 Å². The van der Waals surface area contributed by atoms with Crippen LogP contribution < -0.4 is 10.6 Å². The zero-order valence-corrected chi connectivity index (χ0v) is 25.8. The summed E-state index contributed by atoms with van der Waals surface area (Å²) in [6, 6.07) is 7.76. The number of phenols is 1. The van der Waals surface area contributed by atoms with Crippen LogP contribution in [0.25, 0.3) is 0 Å². The summed E-state index contributed by atoms with van der Waals surface area (Å²) in [5.74, 6) is -1.02. The van der Waals surface area contributed by atoms with Gasteiger partial charge in [-0.1, -0.05) is 62.7 Å². The quantitative estimate of drug-likeness (QED) is 0.286. The van der Waals surface area contributed by atoms with Gasteiger partial charge in [-0.15, -0.1) is 0 Å². The molecule has 0 aliphatic carbocycles. The number of aryl methyl sites for hydroxylation is 2. The summed E-state index contributed by atoms with van der Waals surface area (Å²) >= 11 is 6.42. The van der Waals surface area contributed by atoms with Crippen molar-refractivity contribution in [2.75, 3.05) is 5.32 Å². The Morgan fingerprint density at radius 2 is 1.62 bits per heavy atom. The van der Waals surface area contributed by atoms with Crippen LogP contribution in [-0.2, 0) is 14.3 Å². The van der Waals surface area contributed by atoms with Gasteiger partial charge in [-0.3, -0.25) is 9.59 Å². The van der Waals surface area contributed by atoms with Crippen LogP contribution in [0, 0.1) is 19.8 Å². The van der Waals surface area contributed by atoms with E-state index in [1.165, 1.54) is 4.90 Å². The van der Waals surface area contributed by atoms with E-state index < -0.39 is 41.6 Å². The number of nitrogens with zero attached hydrogens (tertiary/aromatic N) is 1. The zero-order chi connectivity index (χ0) is 30.4. The Kier molecular flexibility index (Phi) is 11.4. The van der Waals surface area contributed by atoms with Crippen molar-refractivity contribution in [3.8, 4) is 5.75 Å². The topological polar surface area (TPSA) is 108 Å². The van der Waals surface area contributed by atoms with E-state index in [0.717, 1.165) is 5.56 Å². The minimum Gasteiger partial charge on any atom is -0.507 e. The molecule has 2 aromatic rings. The third-order valence-electron chi connectivity index (χ3n) is 6.58. The Morgan fingerprint density at radius 3 is 2.17 bits per heavy atom. The first-order valence-corrected chi connectivity index (χ1v) is 14.1. The number of aromatic hydroxyl groups is 1. The molecule has 0 saturated carbocycles. The monoisotopic (exact) mass is 573 g/mol. The molecule has 0 bridgehead atoms. The van der Waals surface area contributed by atoms with Gasteiger partial charge >= 0.3 is 6.09 Å². The number of phenolic OH excluding ortho intramolecular Hbond substituents is 1. The number of hydrogen-bond acceptors (Lipinski definition) is 5. The lowest BCUT2D eigenvalue weighted by Gasteiger charge is -2.39. The predicted molar refractivity (Wildman–Crippen MR) is 160 cm³/mol. The van der Waals surface area contributed by atoms with Gasteiger partial charge in [-0.05, 0) is 77.5 Å². The third kappa shape index (κ3) is 8.62. The fourth-order valence-corrected chi connectivity index (χ4v) is 4.69. The van der Waals surface area contributed by atoms with E-state index in [9.17, 15) is 19.5 Å². The standard InChI is InChI=1S/C31H44ClN3O5/c1-10-21(6)35(29(38)24(17-18(2)3)33-30(39)40-31(7,8)9)26(22-15-11-14-20(5)27(22)36)28(37)34-25-19(4)13-12-16-23(25)32/h11-16,18,21,24,26,36H,10,17H2,1-9H3,(H,33,39)(H,34,37). The maximum Gasteiger partial charge on any atom is 0.408 e. The largest absolute Gasteiger partial charge is 0.507 e. The summed E-state index contributed by atoms with van der Waals surface area (Å²) in [5, 5.41) is 17.1. The molecule has 0 saturated heterocycles. The number of carbonyl (C=O) groups is 3. The highest BCUT2D eigenvalue weighted by Crippen LogP contribution is 2.36. The number of amides is 3. The number of nitrogens with one attached hydrogen (secondary N) is 2. The second kappa shape index (κ2) is 13.9. The van der Waals surface area contributed by atoms with Crippen LogP contribution in [0.5, 0.6) is 5.75 Å². The van der Waals surface area contributed by atoms with Gasteiger partial charge in [0.1, 0.15) is 23.4 Å². The summed E-state index contributed by atoms with van der Waals surface area (Å²) in [5.41, 5.74) is 1.25. The Bertz CT molecular complexity index is 1190. The van der Waals surface area contributed by atoms with Crippen molar-refractivity contribution in [1.29, 1.82) is 0 Å². The van der Waals surface area contributed by atoms with Crippen molar-refractivity contribution in [2.24, 2.45) is 5.92 Å². The van der Waals surface area contributed by atoms with E-state index in [1.54, 1.807) is 58.0 Å². The van der Waals surface area contributed by atoms with Gasteiger partial charge in [0, 0.05) is 11.6 Å². The average molecular weight is 574 g/mol. The lowest BCUT2D eigenvalue weighted by atomic mass is 9.95. The molecule has 0 aliphatic heterocycles. The number of ether oxygens (including phenoxy) is 1. The van der Waals surface area contributed by atoms with Crippen molar-refractivity contribution < 1.29 is 24.2 Å². The van der Waals surface area contributed by atoms with Gasteiger partial charge in [-0.2, -0.15) is 0 Å². The van der Waals surface area contributed by atoms with E-state index in [1.807, 2.05) is 40.7 Å². The van der Waals surface area contributed by atoms with Gasteiger partial charge in [0.15, 0.2) is 0 Å². The number of benzene rings is 2. The number of alkyl carbamates (subject to hydrolysis) is 1. The van der Waals surface area contributed by atoms with Crippen molar-refractivity contribution in [3.63, 3.8) is 0 Å². The van der Waals surface area contributed by atoms with Crippen LogP contribution in [0.15, 0.2) is 36.4 Å². The molecular formula is C31H44ClN3O5. The number of hydrogen-bond donors (Lipinski definition) is 3. The van der Waals surface area contributed by atoms with Crippen LogP contribution in [0.1, 0.15) is 84.0 Å². The highest BCUT2D eigenvalue weighted by Gasteiger charge is 2.40. The van der Waals surface area contributed by atoms with Crippen molar-refractivity contribution >= 4 is 35.2 Å². The van der Waals surface area contributed by atoms with Crippen LogP contribution in [0.3, 0.4) is 0 Å². The van der Waals surface area contributed by atoms with Crippen LogP contribution in [-0.4, -0.2) is 45.6 Å². The second-order valence-electron chi connectivity index (χ2n) is 11.7. The highest BCUT2D eigenvalue weighted by atomic mass is 35.5. The molecule has 0 aliphatic rings. The molecule has 2 aromatic carbocycles. The second-order valence-corrected chi connectivity index (χ2v) is 12.1. The summed E-state index contributed by atoms with van der Waals surface area (Å²) < 4.78 is 5.44. The van der Waals surface area contributed by atoms with Gasteiger partial charge in [0.25, 0.3) is 5.91 Å². The van der Waals surface area contributed by atoms with Crippen molar-refractivity contribution in [3.05, 3.63) is 58.1 Å². The third-order valence-corrected chi connectivity index (χ3v) is 6.89. The first kappa shape index (κ1) is 32.9.